The van der Waals surface area contributed by atoms with Crippen LogP contribution in [0, 0.1) is 18.7 Å². The lowest BCUT2D eigenvalue weighted by Gasteiger charge is -2.40. The average molecular weight is 582 g/mol. The van der Waals surface area contributed by atoms with Crippen LogP contribution in [-0.2, 0) is 11.3 Å². The fraction of sp³-hybridized carbons (Fsp3) is 0.452. The zero-order chi connectivity index (χ0) is 28.5. The molecule has 1 saturated heterocycles. The number of carbonyl (C=O) groups excluding carboxylic acids is 1. The molecule has 2 saturated carbocycles. The van der Waals surface area contributed by atoms with E-state index >= 15 is 4.39 Å². The van der Waals surface area contributed by atoms with E-state index in [-0.39, 0.29) is 36.3 Å². The zero-order valence-electron chi connectivity index (χ0n) is 23.2. The molecule has 0 spiro atoms. The van der Waals surface area contributed by atoms with Crippen molar-refractivity contribution in [2.24, 2.45) is 5.92 Å². The highest BCUT2D eigenvalue weighted by atomic mass is 35.5. The molecule has 3 aliphatic carbocycles. The van der Waals surface area contributed by atoms with E-state index in [9.17, 15) is 9.18 Å². The van der Waals surface area contributed by atoms with Crippen LogP contribution in [0.25, 0.3) is 11.5 Å². The van der Waals surface area contributed by atoms with Crippen LogP contribution in [0.1, 0.15) is 50.0 Å². The first-order chi connectivity index (χ1) is 19.9. The van der Waals surface area contributed by atoms with E-state index in [4.69, 9.17) is 16.0 Å². The molecular formula is C31H34ClF2N5O2. The second kappa shape index (κ2) is 11.9. The number of piperazine rings is 1. The predicted molar refractivity (Wildman–Crippen MR) is 152 cm³/mol. The second-order valence-electron chi connectivity index (χ2n) is 11.2. The van der Waals surface area contributed by atoms with Crippen molar-refractivity contribution in [3.63, 3.8) is 0 Å². The third kappa shape index (κ3) is 6.31. The lowest BCUT2D eigenvalue weighted by molar-refractivity contribution is -0.131. The van der Waals surface area contributed by atoms with Crippen LogP contribution in [0.5, 0.6) is 0 Å². The van der Waals surface area contributed by atoms with Gasteiger partial charge in [0.25, 0.3) is 0 Å². The Morgan fingerprint density at radius 2 is 1.93 bits per heavy atom. The Morgan fingerprint density at radius 3 is 2.56 bits per heavy atom. The highest BCUT2D eigenvalue weighted by molar-refractivity contribution is 6.31. The van der Waals surface area contributed by atoms with Crippen LogP contribution in [0.4, 0.5) is 8.78 Å². The largest absolute Gasteiger partial charge is 0.421 e. The molecule has 41 heavy (non-hydrogen) atoms. The number of hydrogen-bond donors (Lipinski definition) is 0. The summed E-state index contributed by atoms with van der Waals surface area (Å²) in [7, 11) is 0. The summed E-state index contributed by atoms with van der Waals surface area (Å²) in [6.45, 7) is 5.16. The van der Waals surface area contributed by atoms with E-state index in [1.54, 1.807) is 42.5 Å². The number of nitrogens with zero attached hydrogens (tertiary/aromatic N) is 5. The molecule has 1 aromatic carbocycles. The normalized spacial score (nSPS) is 19.7. The van der Waals surface area contributed by atoms with Gasteiger partial charge < -0.3 is 14.2 Å². The Balaban J connectivity index is 1.18. The topological polar surface area (TPSA) is 65.7 Å². The van der Waals surface area contributed by atoms with Gasteiger partial charge >= 0.3 is 0 Å². The third-order valence-corrected chi connectivity index (χ3v) is 8.56. The Kier molecular flexibility index (Phi) is 8.08. The summed E-state index contributed by atoms with van der Waals surface area (Å²) < 4.78 is 35.0. The minimum Gasteiger partial charge on any atom is -0.421 e. The number of amides is 1. The van der Waals surface area contributed by atoms with Crippen LogP contribution in [0.15, 0.2) is 68.7 Å². The summed E-state index contributed by atoms with van der Waals surface area (Å²) in [6.07, 6.45) is 11.1. The lowest BCUT2D eigenvalue weighted by Crippen LogP contribution is -2.50. The summed E-state index contributed by atoms with van der Waals surface area (Å²) in [5, 5.41) is 7.70. The first kappa shape index (κ1) is 27.8. The first-order valence-electron chi connectivity index (χ1n) is 14.4. The summed E-state index contributed by atoms with van der Waals surface area (Å²) in [6, 6.07) is 4.61. The van der Waals surface area contributed by atoms with E-state index in [0.29, 0.717) is 22.7 Å². The van der Waals surface area contributed by atoms with Gasteiger partial charge in [-0.1, -0.05) is 29.3 Å². The molecule has 0 N–H and O–H groups in total. The fourth-order valence-corrected chi connectivity index (χ4v) is 5.87. The number of hydrogen-bond acceptors (Lipinski definition) is 6. The van der Waals surface area contributed by atoms with Crippen molar-refractivity contribution < 1.29 is 18.0 Å². The van der Waals surface area contributed by atoms with Crippen molar-refractivity contribution in [1.82, 2.24) is 24.9 Å². The van der Waals surface area contributed by atoms with E-state index in [0.717, 1.165) is 32.1 Å². The van der Waals surface area contributed by atoms with E-state index in [2.05, 4.69) is 20.0 Å². The summed E-state index contributed by atoms with van der Waals surface area (Å²) >= 11 is 6.18. The molecule has 2 aromatic rings. The monoisotopic (exact) mass is 581 g/mol. The van der Waals surface area contributed by atoms with E-state index in [1.807, 2.05) is 0 Å². The van der Waals surface area contributed by atoms with Crippen molar-refractivity contribution in [3.05, 3.63) is 81.5 Å². The van der Waals surface area contributed by atoms with Gasteiger partial charge in [-0.05, 0) is 62.3 Å². The first-order valence-corrected chi connectivity index (χ1v) is 14.7. The van der Waals surface area contributed by atoms with Gasteiger partial charge in [0.15, 0.2) is 0 Å². The maximum atomic E-state index is 15.3. The van der Waals surface area contributed by atoms with Gasteiger partial charge in [-0.25, -0.2) is 8.78 Å². The molecule has 0 atom stereocenters. The minimum atomic E-state index is -0.507. The van der Waals surface area contributed by atoms with E-state index in [1.165, 1.54) is 49.1 Å². The van der Waals surface area contributed by atoms with Gasteiger partial charge in [-0.3, -0.25) is 9.69 Å². The standard InChI is InChI=1S/C31H34ClF2N5O2/c1-20-35-36-31(41-20)23-10-11-24(28(34)16-23)18-39(25-6-3-7-27(33)26(32)17-25)29(40)19-37-12-14-38(15-13-37)30(22-8-9-22)21-4-2-5-21/h3,6,10-11,16-17,22H,2,4-5,7-9,12-15,18-19H2,1H3. The summed E-state index contributed by atoms with van der Waals surface area (Å²) in [5.74, 6) is 0.156. The highest BCUT2D eigenvalue weighted by Crippen LogP contribution is 2.44. The molecule has 1 aromatic heterocycles. The quantitative estimate of drug-likeness (QED) is 0.368. The highest BCUT2D eigenvalue weighted by Gasteiger charge is 2.35. The van der Waals surface area contributed by atoms with Gasteiger partial charge in [-0.2, -0.15) is 0 Å². The molecule has 7 nitrogen and oxygen atoms in total. The van der Waals surface area contributed by atoms with Crippen molar-refractivity contribution in [1.29, 1.82) is 0 Å². The average Bonchev–Trinajstić information content (AvgIpc) is 3.70. The van der Waals surface area contributed by atoms with Gasteiger partial charge in [0.2, 0.25) is 17.7 Å². The number of rotatable bonds is 8. The molecule has 4 aliphatic rings. The summed E-state index contributed by atoms with van der Waals surface area (Å²) in [4.78, 5) is 20.0. The van der Waals surface area contributed by atoms with Crippen LogP contribution in [0.3, 0.4) is 0 Å². The molecule has 10 heteroatoms. The second-order valence-corrected chi connectivity index (χ2v) is 11.6. The smallest absolute Gasteiger partial charge is 0.247 e. The third-order valence-electron chi connectivity index (χ3n) is 8.24. The molecule has 1 amide bonds. The molecule has 2 heterocycles. The van der Waals surface area contributed by atoms with Crippen molar-refractivity contribution in [2.45, 2.75) is 52.0 Å². The molecule has 6 rings (SSSR count). The lowest BCUT2D eigenvalue weighted by atomic mass is 9.88. The molecule has 0 unspecified atom stereocenters. The molecular weight excluding hydrogens is 548 g/mol. The minimum absolute atomic E-state index is 0.0341. The number of halogens is 3. The predicted octanol–water partition coefficient (Wildman–Crippen LogP) is 6.24. The molecule has 1 aliphatic heterocycles. The molecule has 0 radical (unpaired) electrons. The zero-order valence-corrected chi connectivity index (χ0v) is 24.0. The maximum Gasteiger partial charge on any atom is 0.247 e. The van der Waals surface area contributed by atoms with Crippen LogP contribution in [0.2, 0.25) is 0 Å². The van der Waals surface area contributed by atoms with Gasteiger partial charge in [0, 0.05) is 62.0 Å². The number of allylic oxidation sites excluding steroid dienone is 7. The van der Waals surface area contributed by atoms with Crippen molar-refractivity contribution in [3.8, 4) is 11.5 Å². The van der Waals surface area contributed by atoms with Gasteiger partial charge in [0.05, 0.1) is 18.1 Å². The maximum absolute atomic E-state index is 15.3. The Labute approximate surface area is 243 Å². The molecule has 216 valence electrons. The van der Waals surface area contributed by atoms with Crippen LogP contribution >= 0.6 is 11.6 Å². The Bertz CT molecular complexity index is 1440. The summed E-state index contributed by atoms with van der Waals surface area (Å²) in [5.41, 5.74) is 4.40. The molecule has 3 fully saturated rings. The van der Waals surface area contributed by atoms with Gasteiger partial charge in [-0.15, -0.1) is 10.2 Å². The number of aryl methyl sites for hydroxylation is 1. The molecule has 0 bridgehead atoms. The van der Waals surface area contributed by atoms with Crippen LogP contribution < -0.4 is 0 Å². The van der Waals surface area contributed by atoms with Crippen molar-refractivity contribution >= 4 is 17.5 Å². The Hall–Kier alpha value is -3.30. The fourth-order valence-electron chi connectivity index (χ4n) is 5.68. The SMILES string of the molecule is Cc1nnc(-c2ccc(CN(C(=O)CN3CCN(C(=C4CCC4)C4CC4)CC3)C3=CC(Cl)=C(F)CC=C3)c(F)c2)o1. The Morgan fingerprint density at radius 1 is 1.15 bits per heavy atom. The number of aromatic nitrogens is 2. The van der Waals surface area contributed by atoms with Crippen molar-refractivity contribution in [2.75, 3.05) is 32.7 Å². The van der Waals surface area contributed by atoms with E-state index < -0.39 is 11.6 Å². The van der Waals surface area contributed by atoms with Crippen LogP contribution in [-0.4, -0.2) is 63.5 Å². The van der Waals surface area contributed by atoms with Gasteiger partial charge in [0.1, 0.15) is 11.6 Å². The number of carbonyl (C=O) groups is 1. The number of benzene rings is 1.